The molecule has 0 radical (unpaired) electrons. The quantitative estimate of drug-likeness (QED) is 0.926. The van der Waals surface area contributed by atoms with E-state index in [4.69, 9.17) is 0 Å². The summed E-state index contributed by atoms with van der Waals surface area (Å²) in [6, 6.07) is 5.46. The lowest BCUT2D eigenvalue weighted by Gasteiger charge is -2.31. The Morgan fingerprint density at radius 2 is 2.20 bits per heavy atom. The predicted molar refractivity (Wildman–Crippen MR) is 75.2 cm³/mol. The highest BCUT2D eigenvalue weighted by molar-refractivity contribution is 5.92. The minimum absolute atomic E-state index is 0.0468. The number of hydrogen-bond acceptors (Lipinski definition) is 3. The predicted octanol–water partition coefficient (Wildman–Crippen LogP) is 1.90. The van der Waals surface area contributed by atoms with Gasteiger partial charge in [0.25, 0.3) is 5.91 Å². The summed E-state index contributed by atoms with van der Waals surface area (Å²) < 4.78 is 0. The van der Waals surface area contributed by atoms with Crippen LogP contribution >= 0.6 is 0 Å². The number of H-pyrrole nitrogens is 1. The Kier molecular flexibility index (Phi) is 3.76. The fourth-order valence-corrected chi connectivity index (χ4v) is 2.70. The van der Waals surface area contributed by atoms with Crippen LogP contribution in [-0.4, -0.2) is 38.8 Å². The number of piperidine rings is 1. The molecule has 3 heterocycles. The lowest BCUT2D eigenvalue weighted by molar-refractivity contribution is 0.0684. The number of carbonyl (C=O) groups excluding carboxylic acids is 1. The summed E-state index contributed by atoms with van der Waals surface area (Å²) in [7, 11) is 0. The molecule has 0 saturated carbocycles. The average molecular weight is 270 g/mol. The van der Waals surface area contributed by atoms with Crippen LogP contribution < -0.4 is 0 Å². The van der Waals surface area contributed by atoms with Crippen LogP contribution in [0.3, 0.4) is 0 Å². The minimum Gasteiger partial charge on any atom is -0.348 e. The summed E-state index contributed by atoms with van der Waals surface area (Å²) >= 11 is 0. The summed E-state index contributed by atoms with van der Waals surface area (Å²) in [5, 5.41) is 0. The minimum atomic E-state index is 0.0468. The second-order valence-electron chi connectivity index (χ2n) is 5.23. The van der Waals surface area contributed by atoms with Crippen LogP contribution in [0.25, 0.3) is 0 Å². The number of rotatable bonds is 3. The first-order chi connectivity index (χ1) is 9.83. The molecule has 5 heteroatoms. The monoisotopic (exact) mass is 270 g/mol. The maximum Gasteiger partial charge on any atom is 0.272 e. The molecule has 1 amide bonds. The number of aromatic nitrogens is 3. The first-order valence-electron chi connectivity index (χ1n) is 7.00. The first-order valence-corrected chi connectivity index (χ1v) is 7.00. The normalized spacial score (nSPS) is 16.3. The Morgan fingerprint density at radius 3 is 2.85 bits per heavy atom. The molecule has 0 bridgehead atoms. The highest BCUT2D eigenvalue weighted by Gasteiger charge is 2.24. The molecule has 1 aliphatic rings. The fourth-order valence-electron chi connectivity index (χ4n) is 2.70. The van der Waals surface area contributed by atoms with E-state index in [1.807, 2.05) is 23.2 Å². The summed E-state index contributed by atoms with van der Waals surface area (Å²) in [5.41, 5.74) is 1.72. The van der Waals surface area contributed by atoms with Crippen molar-refractivity contribution in [3.8, 4) is 0 Å². The molecule has 2 aromatic heterocycles. The van der Waals surface area contributed by atoms with Crippen molar-refractivity contribution < 1.29 is 4.79 Å². The third kappa shape index (κ3) is 2.87. The van der Waals surface area contributed by atoms with E-state index in [0.29, 0.717) is 11.6 Å². The van der Waals surface area contributed by atoms with Crippen LogP contribution in [0, 0.1) is 5.92 Å². The van der Waals surface area contributed by atoms with Crippen LogP contribution in [0.4, 0.5) is 0 Å². The highest BCUT2D eigenvalue weighted by atomic mass is 16.2. The maximum atomic E-state index is 12.3. The van der Waals surface area contributed by atoms with Gasteiger partial charge in [-0.2, -0.15) is 0 Å². The molecule has 1 aliphatic heterocycles. The number of hydrogen-bond donors (Lipinski definition) is 1. The zero-order chi connectivity index (χ0) is 13.8. The van der Waals surface area contributed by atoms with E-state index < -0.39 is 0 Å². The number of nitrogens with one attached hydrogen (secondary N) is 1. The van der Waals surface area contributed by atoms with E-state index in [0.717, 1.165) is 32.4 Å². The summed E-state index contributed by atoms with van der Waals surface area (Å²) in [5.74, 6) is 0.675. The van der Waals surface area contributed by atoms with Gasteiger partial charge in [0.15, 0.2) is 0 Å². The molecule has 0 spiro atoms. The third-order valence-corrected chi connectivity index (χ3v) is 3.85. The smallest absolute Gasteiger partial charge is 0.272 e. The molecule has 1 N–H and O–H groups in total. The van der Waals surface area contributed by atoms with Gasteiger partial charge in [-0.3, -0.25) is 9.78 Å². The molecule has 3 rings (SSSR count). The van der Waals surface area contributed by atoms with Gasteiger partial charge in [-0.15, -0.1) is 0 Å². The Balaban J connectivity index is 1.55. The van der Waals surface area contributed by atoms with Crippen molar-refractivity contribution >= 4 is 5.91 Å². The molecule has 1 fully saturated rings. The Hall–Kier alpha value is -2.17. The van der Waals surface area contributed by atoms with E-state index in [2.05, 4.69) is 15.0 Å². The van der Waals surface area contributed by atoms with Crippen LogP contribution in [-0.2, 0) is 6.42 Å². The largest absolute Gasteiger partial charge is 0.348 e. The van der Waals surface area contributed by atoms with Gasteiger partial charge in [-0.05, 0) is 37.3 Å². The van der Waals surface area contributed by atoms with E-state index in [-0.39, 0.29) is 5.91 Å². The second-order valence-corrected chi connectivity index (χ2v) is 5.23. The maximum absolute atomic E-state index is 12.3. The SMILES string of the molecule is O=C(c1ccccn1)N1CCC(Cc2cnc[nH]2)CC1. The van der Waals surface area contributed by atoms with E-state index >= 15 is 0 Å². The zero-order valence-electron chi connectivity index (χ0n) is 11.3. The van der Waals surface area contributed by atoms with Crippen molar-refractivity contribution in [3.63, 3.8) is 0 Å². The van der Waals surface area contributed by atoms with Crippen LogP contribution in [0.5, 0.6) is 0 Å². The number of pyridine rings is 1. The summed E-state index contributed by atoms with van der Waals surface area (Å²) in [4.78, 5) is 25.5. The van der Waals surface area contributed by atoms with Gasteiger partial charge < -0.3 is 9.88 Å². The Morgan fingerprint density at radius 1 is 1.35 bits per heavy atom. The molecule has 1 saturated heterocycles. The van der Waals surface area contributed by atoms with Gasteiger partial charge in [0.2, 0.25) is 0 Å². The molecule has 0 aromatic carbocycles. The van der Waals surface area contributed by atoms with E-state index in [9.17, 15) is 4.79 Å². The van der Waals surface area contributed by atoms with Crippen molar-refractivity contribution in [2.75, 3.05) is 13.1 Å². The summed E-state index contributed by atoms with van der Waals surface area (Å²) in [6.45, 7) is 1.63. The zero-order valence-corrected chi connectivity index (χ0v) is 11.3. The van der Waals surface area contributed by atoms with Crippen molar-refractivity contribution in [1.82, 2.24) is 19.9 Å². The van der Waals surface area contributed by atoms with E-state index in [1.54, 1.807) is 18.6 Å². The molecular weight excluding hydrogens is 252 g/mol. The number of aromatic amines is 1. The number of nitrogens with zero attached hydrogens (tertiary/aromatic N) is 3. The van der Waals surface area contributed by atoms with Gasteiger partial charge >= 0.3 is 0 Å². The number of likely N-dealkylation sites (tertiary alicyclic amines) is 1. The summed E-state index contributed by atoms with van der Waals surface area (Å²) in [6.07, 6.45) is 8.36. The van der Waals surface area contributed by atoms with E-state index in [1.165, 1.54) is 5.69 Å². The lowest BCUT2D eigenvalue weighted by atomic mass is 9.92. The number of carbonyl (C=O) groups is 1. The molecule has 0 atom stereocenters. The molecule has 20 heavy (non-hydrogen) atoms. The van der Waals surface area contributed by atoms with Crippen LogP contribution in [0.15, 0.2) is 36.9 Å². The van der Waals surface area contributed by atoms with Gasteiger partial charge in [0.05, 0.1) is 6.33 Å². The second kappa shape index (κ2) is 5.86. The Bertz CT molecular complexity index is 545. The molecule has 5 nitrogen and oxygen atoms in total. The highest BCUT2D eigenvalue weighted by Crippen LogP contribution is 2.21. The Labute approximate surface area is 118 Å². The van der Waals surface area contributed by atoms with Gasteiger partial charge in [-0.1, -0.05) is 6.07 Å². The lowest BCUT2D eigenvalue weighted by Crippen LogP contribution is -2.39. The molecular formula is C15H18N4O. The fraction of sp³-hybridized carbons (Fsp3) is 0.400. The standard InChI is InChI=1S/C15H18N4O/c20-15(14-3-1-2-6-17-14)19-7-4-12(5-8-19)9-13-10-16-11-18-13/h1-3,6,10-12H,4-5,7-9H2,(H,16,18). The van der Waals surface area contributed by atoms with Crippen molar-refractivity contribution in [2.45, 2.75) is 19.3 Å². The molecule has 104 valence electrons. The van der Waals surface area contributed by atoms with Crippen molar-refractivity contribution in [3.05, 3.63) is 48.3 Å². The topological polar surface area (TPSA) is 61.9 Å². The van der Waals surface area contributed by atoms with Gasteiger partial charge in [-0.25, -0.2) is 4.98 Å². The van der Waals surface area contributed by atoms with Crippen molar-refractivity contribution in [1.29, 1.82) is 0 Å². The van der Waals surface area contributed by atoms with Crippen LogP contribution in [0.2, 0.25) is 0 Å². The average Bonchev–Trinajstić information content (AvgIpc) is 3.01. The molecule has 2 aromatic rings. The molecule has 0 aliphatic carbocycles. The number of imidazole rings is 1. The van der Waals surface area contributed by atoms with Crippen LogP contribution in [0.1, 0.15) is 29.0 Å². The molecule has 0 unspecified atom stereocenters. The van der Waals surface area contributed by atoms with Gasteiger partial charge in [0, 0.05) is 31.2 Å². The van der Waals surface area contributed by atoms with Gasteiger partial charge in [0.1, 0.15) is 5.69 Å². The van der Waals surface area contributed by atoms with Crippen molar-refractivity contribution in [2.24, 2.45) is 5.92 Å². The number of amides is 1. The first kappa shape index (κ1) is 12.8. The third-order valence-electron chi connectivity index (χ3n) is 3.85.